The van der Waals surface area contributed by atoms with Crippen molar-refractivity contribution in [2.75, 3.05) is 12.3 Å². The van der Waals surface area contributed by atoms with E-state index in [4.69, 9.17) is 0 Å². The van der Waals surface area contributed by atoms with Crippen LogP contribution in [0.25, 0.3) is 0 Å². The van der Waals surface area contributed by atoms with E-state index in [1.807, 2.05) is 0 Å². The zero-order valence-corrected chi connectivity index (χ0v) is 11.0. The fourth-order valence-electron chi connectivity index (χ4n) is 0.354. The molecule has 0 saturated heterocycles. The standard InChI is InChI=1S/C4H12P2.2BrH/c5-3-1-2-4-6;;/h1-6H2;2*1H. The highest BCUT2D eigenvalue weighted by Crippen LogP contribution is 1.95. The van der Waals surface area contributed by atoms with E-state index in [0.29, 0.717) is 0 Å². The third kappa shape index (κ3) is 15.7. The van der Waals surface area contributed by atoms with Gasteiger partial charge in [0.2, 0.25) is 0 Å². The maximum absolute atomic E-state index is 2.07. The van der Waals surface area contributed by atoms with Crippen LogP contribution in [0.5, 0.6) is 0 Å². The molecule has 54 valence electrons. The van der Waals surface area contributed by atoms with Gasteiger partial charge < -0.3 is 34.0 Å². The molecule has 0 saturated carbocycles. The number of hydrogen-bond donors (Lipinski definition) is 0. The van der Waals surface area contributed by atoms with Gasteiger partial charge in [-0.15, -0.1) is 0 Å². The highest BCUT2D eigenvalue weighted by Gasteiger charge is 1.81. The van der Waals surface area contributed by atoms with Gasteiger partial charge in [0.25, 0.3) is 0 Å². The van der Waals surface area contributed by atoms with E-state index in [1.54, 1.807) is 0 Å². The zero-order valence-electron chi connectivity index (χ0n) is 5.00. The molecule has 0 aliphatic carbocycles. The van der Waals surface area contributed by atoms with E-state index in [-0.39, 0.29) is 34.0 Å². The molecule has 2 unspecified atom stereocenters. The van der Waals surface area contributed by atoms with Gasteiger partial charge in [-0.25, -0.2) is 0 Å². The monoisotopic (exact) mass is 282 g/mol. The molecule has 8 heavy (non-hydrogen) atoms. The second-order valence-corrected chi connectivity index (χ2v) is 2.83. The lowest BCUT2D eigenvalue weighted by molar-refractivity contribution is -0.00100. The van der Waals surface area contributed by atoms with Crippen LogP contribution in [-0.4, -0.2) is 12.3 Å². The molecule has 0 aliphatic heterocycles. The summed E-state index contributed by atoms with van der Waals surface area (Å²) >= 11 is 0. The predicted octanol–water partition coefficient (Wildman–Crippen LogP) is -5.01. The van der Waals surface area contributed by atoms with Crippen LogP contribution >= 0.6 is 18.5 Å². The van der Waals surface area contributed by atoms with E-state index in [9.17, 15) is 0 Å². The molecular weight excluding hydrogens is 270 g/mol. The molecular formula is C4H14Br2P2. The first kappa shape index (κ1) is 16.4. The molecule has 0 aliphatic rings. The van der Waals surface area contributed by atoms with Gasteiger partial charge in [-0.2, -0.15) is 0 Å². The molecule has 0 fully saturated rings. The van der Waals surface area contributed by atoms with Crippen molar-refractivity contribution in [1.29, 1.82) is 0 Å². The van der Waals surface area contributed by atoms with E-state index in [1.165, 1.54) is 25.2 Å². The lowest BCUT2D eigenvalue weighted by Crippen LogP contribution is -3.00. The van der Waals surface area contributed by atoms with E-state index in [0.717, 1.165) is 0 Å². The number of halogens is 2. The average Bonchev–Trinajstić information content (AvgIpc) is 1.61. The normalized spacial score (nSPS) is 7.50. The molecule has 0 nitrogen and oxygen atoms in total. The van der Waals surface area contributed by atoms with Gasteiger partial charge in [0.05, 0.1) is 12.3 Å². The molecule has 0 heterocycles. The molecule has 0 radical (unpaired) electrons. The molecule has 4 heteroatoms. The summed E-state index contributed by atoms with van der Waals surface area (Å²) in [6, 6.07) is 0. The predicted molar refractivity (Wildman–Crippen MR) is 41.2 cm³/mol. The van der Waals surface area contributed by atoms with Crippen molar-refractivity contribution in [2.45, 2.75) is 12.8 Å². The molecule has 0 rings (SSSR count). The van der Waals surface area contributed by atoms with Gasteiger partial charge in [0.1, 0.15) is 0 Å². The SMILES string of the molecule is [Br-].[Br-].[PH3+]CCCC[PH3+]. The maximum atomic E-state index is 2.07. The van der Waals surface area contributed by atoms with E-state index in [2.05, 4.69) is 18.5 Å². The number of hydrogen-bond acceptors (Lipinski definition) is 0. The third-order valence-corrected chi connectivity index (χ3v) is 1.75. The Kier molecular flexibility index (Phi) is 32.7. The molecule has 0 aromatic carbocycles. The quantitative estimate of drug-likeness (QED) is 0.360. The summed E-state index contributed by atoms with van der Waals surface area (Å²) in [5, 5.41) is 0. The summed E-state index contributed by atoms with van der Waals surface area (Å²) < 4.78 is 0. The van der Waals surface area contributed by atoms with Crippen molar-refractivity contribution in [3.63, 3.8) is 0 Å². The fraction of sp³-hybridized carbons (Fsp3) is 1.00. The summed E-state index contributed by atoms with van der Waals surface area (Å²) in [5.74, 6) is 0. The van der Waals surface area contributed by atoms with Gasteiger partial charge in [0, 0.05) is 0 Å². The summed E-state index contributed by atoms with van der Waals surface area (Å²) in [6.07, 6.45) is 5.64. The van der Waals surface area contributed by atoms with Crippen molar-refractivity contribution in [1.82, 2.24) is 0 Å². The lowest BCUT2D eigenvalue weighted by Gasteiger charge is -1.79. The van der Waals surface area contributed by atoms with Crippen LogP contribution in [-0.2, 0) is 0 Å². The van der Waals surface area contributed by atoms with Gasteiger partial charge in [0.15, 0.2) is 0 Å². The summed E-state index contributed by atoms with van der Waals surface area (Å²) in [6.45, 7) is 0. The summed E-state index contributed by atoms with van der Waals surface area (Å²) in [4.78, 5) is 0. The van der Waals surface area contributed by atoms with Crippen molar-refractivity contribution < 1.29 is 34.0 Å². The Morgan fingerprint density at radius 3 is 1.12 bits per heavy atom. The van der Waals surface area contributed by atoms with Gasteiger partial charge in [-0.1, -0.05) is 0 Å². The molecule has 0 amide bonds. The van der Waals surface area contributed by atoms with Gasteiger partial charge in [-0.3, -0.25) is 0 Å². The van der Waals surface area contributed by atoms with Crippen molar-refractivity contribution in [3.05, 3.63) is 0 Å². The first-order valence-electron chi connectivity index (χ1n) is 2.50. The van der Waals surface area contributed by atoms with Crippen molar-refractivity contribution >= 4 is 18.5 Å². The second kappa shape index (κ2) is 15.9. The summed E-state index contributed by atoms with van der Waals surface area (Å²) in [7, 11) is 4.14. The minimum atomic E-state index is 0. The van der Waals surface area contributed by atoms with E-state index < -0.39 is 0 Å². The van der Waals surface area contributed by atoms with Crippen LogP contribution in [0.3, 0.4) is 0 Å². The molecule has 0 spiro atoms. The van der Waals surface area contributed by atoms with Crippen LogP contribution in [0.4, 0.5) is 0 Å². The van der Waals surface area contributed by atoms with E-state index >= 15 is 0 Å². The Hall–Kier alpha value is 1.82. The number of rotatable bonds is 3. The molecule has 0 aromatic heterocycles. The van der Waals surface area contributed by atoms with Crippen LogP contribution in [0.2, 0.25) is 0 Å². The van der Waals surface area contributed by atoms with Crippen LogP contribution < -0.4 is 34.0 Å². The molecule has 0 N–H and O–H groups in total. The third-order valence-electron chi connectivity index (χ3n) is 0.750. The minimum Gasteiger partial charge on any atom is -1.00 e. The van der Waals surface area contributed by atoms with Gasteiger partial charge in [-0.05, 0) is 31.3 Å². The van der Waals surface area contributed by atoms with Crippen molar-refractivity contribution in [2.24, 2.45) is 0 Å². The maximum Gasteiger partial charge on any atom is 0.0528 e. The van der Waals surface area contributed by atoms with Crippen LogP contribution in [0.1, 0.15) is 12.8 Å². The topological polar surface area (TPSA) is 0 Å². The first-order chi connectivity index (χ1) is 2.91. The first-order valence-corrected chi connectivity index (χ1v) is 4.50. The highest BCUT2D eigenvalue weighted by atomic mass is 79.9. The molecule has 0 aromatic rings. The molecule has 0 bridgehead atoms. The molecule has 2 atom stereocenters. The van der Waals surface area contributed by atoms with Gasteiger partial charge >= 0.3 is 0 Å². The minimum absolute atomic E-state index is 0. The van der Waals surface area contributed by atoms with Crippen LogP contribution in [0, 0.1) is 0 Å². The zero-order chi connectivity index (χ0) is 4.83. The Morgan fingerprint density at radius 1 is 0.750 bits per heavy atom. The second-order valence-electron chi connectivity index (χ2n) is 1.41. The lowest BCUT2D eigenvalue weighted by atomic mass is 10.4. The average molecular weight is 284 g/mol. The Balaban J connectivity index is -0.000000125. The van der Waals surface area contributed by atoms with Crippen LogP contribution in [0.15, 0.2) is 0 Å². The Labute approximate surface area is 77.5 Å². The fourth-order valence-corrected chi connectivity index (χ4v) is 1.06. The highest BCUT2D eigenvalue weighted by molar-refractivity contribution is 7.16. The summed E-state index contributed by atoms with van der Waals surface area (Å²) in [5.41, 5.74) is 0. The Morgan fingerprint density at radius 2 is 1.00 bits per heavy atom. The largest absolute Gasteiger partial charge is 1.00 e. The number of unbranched alkanes of at least 4 members (excludes halogenated alkanes) is 1. The smallest absolute Gasteiger partial charge is 0.0528 e. The Bertz CT molecular complexity index is 24.0. The van der Waals surface area contributed by atoms with Crippen molar-refractivity contribution in [3.8, 4) is 0 Å².